The topological polar surface area (TPSA) is 63.3 Å². The third kappa shape index (κ3) is 2.56. The normalized spacial score (nSPS) is 15.8. The van der Waals surface area contributed by atoms with Crippen LogP contribution in [0.4, 0.5) is 0 Å². The second kappa shape index (κ2) is 4.35. The van der Waals surface area contributed by atoms with Gasteiger partial charge in [0.05, 0.1) is 10.8 Å². The van der Waals surface area contributed by atoms with Crippen molar-refractivity contribution in [1.29, 1.82) is 0 Å². The molecule has 0 aromatic carbocycles. The van der Waals surface area contributed by atoms with E-state index < -0.39 is 16.9 Å². The lowest BCUT2D eigenvalue weighted by Crippen LogP contribution is -2.53. The quantitative estimate of drug-likeness (QED) is 0.876. The lowest BCUT2D eigenvalue weighted by atomic mass is 9.67. The lowest BCUT2D eigenvalue weighted by Gasteiger charge is -2.40. The van der Waals surface area contributed by atoms with E-state index in [1.807, 2.05) is 26.2 Å². The maximum absolute atomic E-state index is 11.0. The van der Waals surface area contributed by atoms with Gasteiger partial charge in [-0.25, -0.2) is 0 Å². The number of halogens is 1. The van der Waals surface area contributed by atoms with Gasteiger partial charge in [0.2, 0.25) is 0 Å². The zero-order chi connectivity index (χ0) is 12.6. The van der Waals surface area contributed by atoms with Gasteiger partial charge in [-0.15, -0.1) is 11.3 Å². The smallest absolute Gasteiger partial charge is 0.304 e. The Bertz CT molecular complexity index is 397. The fourth-order valence-corrected chi connectivity index (χ4v) is 2.62. The Morgan fingerprint density at radius 1 is 1.56 bits per heavy atom. The number of aliphatic carboxylic acids is 1. The Hall–Kier alpha value is -0.580. The molecule has 1 heterocycles. The minimum absolute atomic E-state index is 0.0104. The van der Waals surface area contributed by atoms with Gasteiger partial charge in [-0.1, -0.05) is 18.5 Å². The predicted octanol–water partition coefficient (Wildman–Crippen LogP) is 2.87. The second-order valence-electron chi connectivity index (χ2n) is 4.76. The van der Waals surface area contributed by atoms with Crippen LogP contribution in [0.2, 0.25) is 4.34 Å². The number of thiophene rings is 1. The van der Waals surface area contributed by atoms with Crippen molar-refractivity contribution in [2.75, 3.05) is 0 Å². The van der Waals surface area contributed by atoms with Gasteiger partial charge in [0.15, 0.2) is 0 Å². The maximum Gasteiger partial charge on any atom is 0.304 e. The molecular weight excluding hydrogens is 246 g/mol. The molecule has 0 saturated heterocycles. The summed E-state index contributed by atoms with van der Waals surface area (Å²) < 4.78 is 0.649. The summed E-state index contributed by atoms with van der Waals surface area (Å²) in [7, 11) is 0. The molecule has 90 valence electrons. The molecule has 0 amide bonds. The average molecular weight is 262 g/mol. The van der Waals surface area contributed by atoms with Crippen LogP contribution in [0.5, 0.6) is 0 Å². The first-order valence-corrected chi connectivity index (χ1v) is 6.18. The molecule has 0 aliphatic heterocycles. The van der Waals surface area contributed by atoms with Crippen molar-refractivity contribution < 1.29 is 9.90 Å². The number of rotatable bonds is 4. The molecule has 0 spiro atoms. The van der Waals surface area contributed by atoms with E-state index in [2.05, 4.69) is 0 Å². The van der Waals surface area contributed by atoms with Crippen LogP contribution in [-0.2, 0) is 10.2 Å². The predicted molar refractivity (Wildman–Crippen MR) is 67.2 cm³/mol. The van der Waals surface area contributed by atoms with Gasteiger partial charge in [-0.3, -0.25) is 4.79 Å². The fourth-order valence-electron chi connectivity index (χ4n) is 1.60. The van der Waals surface area contributed by atoms with Crippen molar-refractivity contribution in [3.8, 4) is 0 Å². The fraction of sp³-hybridized carbons (Fsp3) is 0.545. The van der Waals surface area contributed by atoms with Crippen LogP contribution in [0.3, 0.4) is 0 Å². The van der Waals surface area contributed by atoms with E-state index in [9.17, 15) is 4.79 Å². The minimum atomic E-state index is -0.858. The molecule has 3 N–H and O–H groups in total. The van der Waals surface area contributed by atoms with E-state index in [0.717, 1.165) is 5.56 Å². The van der Waals surface area contributed by atoms with Gasteiger partial charge in [0, 0.05) is 11.0 Å². The standard InChI is InChI=1S/C11H16ClNO2S/c1-10(2,13)11(3,5-9(14)15)7-4-8(12)16-6-7/h4,6H,5,13H2,1-3H3,(H,14,15). The lowest BCUT2D eigenvalue weighted by molar-refractivity contribution is -0.139. The Morgan fingerprint density at radius 3 is 2.44 bits per heavy atom. The molecule has 1 atom stereocenters. The number of carboxylic acids is 1. The zero-order valence-electron chi connectivity index (χ0n) is 9.58. The van der Waals surface area contributed by atoms with Gasteiger partial charge in [-0.2, -0.15) is 0 Å². The molecule has 3 nitrogen and oxygen atoms in total. The zero-order valence-corrected chi connectivity index (χ0v) is 11.2. The van der Waals surface area contributed by atoms with Crippen LogP contribution < -0.4 is 5.73 Å². The molecule has 0 aliphatic rings. The van der Waals surface area contributed by atoms with Gasteiger partial charge in [0.1, 0.15) is 0 Å². The molecule has 0 saturated carbocycles. The molecule has 0 fully saturated rings. The van der Waals surface area contributed by atoms with E-state index in [1.165, 1.54) is 11.3 Å². The van der Waals surface area contributed by atoms with E-state index in [1.54, 1.807) is 6.07 Å². The van der Waals surface area contributed by atoms with E-state index in [-0.39, 0.29) is 6.42 Å². The second-order valence-corrected chi connectivity index (χ2v) is 6.31. The molecule has 1 aromatic rings. The minimum Gasteiger partial charge on any atom is -0.481 e. The van der Waals surface area contributed by atoms with Crippen molar-refractivity contribution in [3.05, 3.63) is 21.3 Å². The summed E-state index contributed by atoms with van der Waals surface area (Å²) in [4.78, 5) is 11.0. The Morgan fingerprint density at radius 2 is 2.12 bits per heavy atom. The van der Waals surface area contributed by atoms with Crippen LogP contribution in [-0.4, -0.2) is 16.6 Å². The van der Waals surface area contributed by atoms with Gasteiger partial charge >= 0.3 is 5.97 Å². The van der Waals surface area contributed by atoms with Crippen molar-refractivity contribution in [1.82, 2.24) is 0 Å². The SMILES string of the molecule is CC(C)(N)C(C)(CC(=O)O)c1csc(Cl)c1. The van der Waals surface area contributed by atoms with Gasteiger partial charge in [0.25, 0.3) is 0 Å². The van der Waals surface area contributed by atoms with Crippen molar-refractivity contribution in [3.63, 3.8) is 0 Å². The molecule has 0 bridgehead atoms. The highest BCUT2D eigenvalue weighted by molar-refractivity contribution is 7.14. The molecule has 1 unspecified atom stereocenters. The third-order valence-electron chi connectivity index (χ3n) is 3.13. The summed E-state index contributed by atoms with van der Waals surface area (Å²) in [6.07, 6.45) is -0.0104. The molecule has 16 heavy (non-hydrogen) atoms. The number of carboxylic acid groups (broad SMARTS) is 1. The monoisotopic (exact) mass is 261 g/mol. The number of hydrogen-bond acceptors (Lipinski definition) is 3. The van der Waals surface area contributed by atoms with E-state index in [0.29, 0.717) is 4.34 Å². The first kappa shape index (κ1) is 13.5. The van der Waals surface area contributed by atoms with E-state index >= 15 is 0 Å². The van der Waals surface area contributed by atoms with Crippen LogP contribution in [0, 0.1) is 0 Å². The number of carbonyl (C=O) groups is 1. The van der Waals surface area contributed by atoms with Crippen molar-refractivity contribution >= 4 is 28.9 Å². The summed E-state index contributed by atoms with van der Waals surface area (Å²) in [6.45, 7) is 5.53. The molecular formula is C11H16ClNO2S. The van der Waals surface area contributed by atoms with Crippen molar-refractivity contribution in [2.24, 2.45) is 5.73 Å². The summed E-state index contributed by atoms with van der Waals surface area (Å²) in [5, 5.41) is 10.9. The summed E-state index contributed by atoms with van der Waals surface area (Å²) >= 11 is 7.27. The van der Waals surface area contributed by atoms with Crippen molar-refractivity contribution in [2.45, 2.75) is 38.1 Å². The Kier molecular flexibility index (Phi) is 3.67. The average Bonchev–Trinajstić information content (AvgIpc) is 2.48. The molecule has 0 radical (unpaired) electrons. The van der Waals surface area contributed by atoms with Gasteiger partial charge in [-0.05, 0) is 30.9 Å². The molecule has 1 aromatic heterocycles. The number of hydrogen-bond donors (Lipinski definition) is 2. The van der Waals surface area contributed by atoms with Crippen LogP contribution >= 0.6 is 22.9 Å². The van der Waals surface area contributed by atoms with E-state index in [4.69, 9.17) is 22.4 Å². The molecule has 0 aliphatic carbocycles. The van der Waals surface area contributed by atoms with Gasteiger partial charge < -0.3 is 10.8 Å². The summed E-state index contributed by atoms with van der Waals surface area (Å²) in [5.41, 5.74) is 5.74. The van der Waals surface area contributed by atoms with Crippen LogP contribution in [0.15, 0.2) is 11.4 Å². The Labute approximate surface area is 104 Å². The highest BCUT2D eigenvalue weighted by atomic mass is 35.5. The highest BCUT2D eigenvalue weighted by Crippen LogP contribution is 2.39. The van der Waals surface area contributed by atoms with Crippen LogP contribution in [0.25, 0.3) is 0 Å². The maximum atomic E-state index is 11.0. The number of nitrogens with two attached hydrogens (primary N) is 1. The highest BCUT2D eigenvalue weighted by Gasteiger charge is 2.42. The first-order chi connectivity index (χ1) is 7.17. The molecule has 1 rings (SSSR count). The molecule has 5 heteroatoms. The first-order valence-electron chi connectivity index (χ1n) is 4.92. The van der Waals surface area contributed by atoms with Crippen LogP contribution in [0.1, 0.15) is 32.8 Å². The Balaban J connectivity index is 3.19. The summed E-state index contributed by atoms with van der Waals surface area (Å²) in [6, 6.07) is 1.80. The summed E-state index contributed by atoms with van der Waals surface area (Å²) in [5.74, 6) is -0.858. The third-order valence-corrected chi connectivity index (χ3v) is 4.22. The largest absolute Gasteiger partial charge is 0.481 e.